The molecule has 1 rings (SSSR count). The molecule has 5 nitrogen and oxygen atoms in total. The second-order valence-electron chi connectivity index (χ2n) is 4.24. The average Bonchev–Trinajstić information content (AvgIpc) is 2.28. The Morgan fingerprint density at radius 2 is 2.40 bits per heavy atom. The van der Waals surface area contributed by atoms with Crippen LogP contribution in [0.5, 0.6) is 0 Å². The van der Waals surface area contributed by atoms with E-state index >= 15 is 0 Å². The molecular formula is C10H21N3O2. The van der Waals surface area contributed by atoms with Crippen LogP contribution < -0.4 is 11.3 Å². The molecule has 0 saturated carbocycles. The molecule has 1 amide bonds. The molecule has 0 bridgehead atoms. The Bertz CT molecular complexity index is 211. The van der Waals surface area contributed by atoms with Gasteiger partial charge in [-0.2, -0.15) is 0 Å². The topological polar surface area (TPSA) is 78.6 Å². The molecule has 1 fully saturated rings. The Morgan fingerprint density at radius 1 is 1.67 bits per heavy atom. The van der Waals surface area contributed by atoms with Crippen molar-refractivity contribution in [1.29, 1.82) is 0 Å². The van der Waals surface area contributed by atoms with E-state index in [1.807, 2.05) is 6.92 Å². The number of hydrazine groups is 1. The number of nitrogens with one attached hydrogen (secondary N) is 1. The lowest BCUT2D eigenvalue weighted by Crippen LogP contribution is -2.47. The van der Waals surface area contributed by atoms with E-state index in [1.165, 1.54) is 6.42 Å². The fourth-order valence-corrected chi connectivity index (χ4v) is 2.08. The Morgan fingerprint density at radius 3 is 3.00 bits per heavy atom. The van der Waals surface area contributed by atoms with E-state index < -0.39 is 0 Å². The fourth-order valence-electron chi connectivity index (χ4n) is 2.08. The van der Waals surface area contributed by atoms with Crippen LogP contribution in [0.1, 0.15) is 26.2 Å². The molecule has 5 heteroatoms. The highest BCUT2D eigenvalue weighted by Gasteiger charge is 2.24. The van der Waals surface area contributed by atoms with Crippen molar-refractivity contribution >= 4 is 5.91 Å². The van der Waals surface area contributed by atoms with Gasteiger partial charge in [0.2, 0.25) is 5.91 Å². The second-order valence-corrected chi connectivity index (χ2v) is 4.24. The van der Waals surface area contributed by atoms with Gasteiger partial charge in [-0.05, 0) is 19.4 Å². The number of carbonyl (C=O) groups is 1. The Labute approximate surface area is 90.6 Å². The van der Waals surface area contributed by atoms with Crippen molar-refractivity contribution in [3.8, 4) is 0 Å². The number of aliphatic hydroxyl groups excluding tert-OH is 1. The highest BCUT2D eigenvalue weighted by atomic mass is 16.3. The first-order chi connectivity index (χ1) is 7.19. The molecule has 0 aliphatic carbocycles. The molecular weight excluding hydrogens is 194 g/mol. The van der Waals surface area contributed by atoms with E-state index in [4.69, 9.17) is 5.84 Å². The molecule has 1 aliphatic rings. The summed E-state index contributed by atoms with van der Waals surface area (Å²) < 4.78 is 0. The first-order valence-electron chi connectivity index (χ1n) is 5.54. The maximum atomic E-state index is 11.3. The van der Waals surface area contributed by atoms with Gasteiger partial charge in [0.05, 0.1) is 6.61 Å². The zero-order valence-electron chi connectivity index (χ0n) is 9.28. The van der Waals surface area contributed by atoms with Crippen molar-refractivity contribution in [1.82, 2.24) is 10.3 Å². The molecule has 0 spiro atoms. The SMILES string of the molecule is CC(CN1CCCCC1CO)C(=O)NN. The molecule has 4 N–H and O–H groups in total. The minimum absolute atomic E-state index is 0.123. The van der Waals surface area contributed by atoms with Gasteiger partial charge in [0.25, 0.3) is 0 Å². The van der Waals surface area contributed by atoms with Crippen LogP contribution in [-0.4, -0.2) is 41.7 Å². The molecule has 2 atom stereocenters. The molecule has 15 heavy (non-hydrogen) atoms. The van der Waals surface area contributed by atoms with Crippen molar-refractivity contribution in [2.24, 2.45) is 11.8 Å². The number of aliphatic hydroxyl groups is 1. The molecule has 0 aromatic heterocycles. The van der Waals surface area contributed by atoms with E-state index in [9.17, 15) is 9.90 Å². The number of rotatable bonds is 4. The molecule has 0 aromatic rings. The number of hydrogen-bond donors (Lipinski definition) is 3. The smallest absolute Gasteiger partial charge is 0.237 e. The predicted octanol–water partition coefficient (Wildman–Crippen LogP) is -0.541. The Hall–Kier alpha value is -0.650. The van der Waals surface area contributed by atoms with Crippen molar-refractivity contribution in [2.75, 3.05) is 19.7 Å². The molecule has 2 unspecified atom stereocenters. The molecule has 1 aliphatic heterocycles. The lowest BCUT2D eigenvalue weighted by molar-refractivity contribution is -0.125. The minimum Gasteiger partial charge on any atom is -0.395 e. The number of amides is 1. The maximum absolute atomic E-state index is 11.3. The third kappa shape index (κ3) is 3.44. The van der Waals surface area contributed by atoms with Crippen molar-refractivity contribution < 1.29 is 9.90 Å². The summed E-state index contributed by atoms with van der Waals surface area (Å²) in [6, 6.07) is 0.215. The summed E-state index contributed by atoms with van der Waals surface area (Å²) >= 11 is 0. The first kappa shape index (κ1) is 12.4. The monoisotopic (exact) mass is 215 g/mol. The van der Waals surface area contributed by atoms with E-state index in [0.717, 1.165) is 19.4 Å². The quantitative estimate of drug-likeness (QED) is 0.334. The maximum Gasteiger partial charge on any atom is 0.237 e. The largest absolute Gasteiger partial charge is 0.395 e. The second kappa shape index (κ2) is 6.05. The summed E-state index contributed by atoms with van der Waals surface area (Å²) in [5, 5.41) is 9.20. The van der Waals surface area contributed by atoms with Crippen LogP contribution in [0.2, 0.25) is 0 Å². The van der Waals surface area contributed by atoms with Crippen LogP contribution in [0.25, 0.3) is 0 Å². The van der Waals surface area contributed by atoms with Crippen LogP contribution in [0, 0.1) is 5.92 Å². The summed E-state index contributed by atoms with van der Waals surface area (Å²) in [7, 11) is 0. The summed E-state index contributed by atoms with van der Waals surface area (Å²) in [4.78, 5) is 13.4. The molecule has 0 aromatic carbocycles. The lowest BCUT2D eigenvalue weighted by atomic mass is 10.0. The van der Waals surface area contributed by atoms with Gasteiger partial charge in [-0.25, -0.2) is 5.84 Å². The number of nitrogens with two attached hydrogens (primary N) is 1. The number of piperidine rings is 1. The normalized spacial score (nSPS) is 24.9. The van der Waals surface area contributed by atoms with E-state index in [0.29, 0.717) is 6.54 Å². The van der Waals surface area contributed by atoms with Crippen molar-refractivity contribution in [2.45, 2.75) is 32.2 Å². The highest BCUT2D eigenvalue weighted by Crippen LogP contribution is 2.17. The summed E-state index contributed by atoms with van der Waals surface area (Å²) in [6.07, 6.45) is 3.33. The van der Waals surface area contributed by atoms with Crippen LogP contribution in [0.15, 0.2) is 0 Å². The molecule has 1 heterocycles. The summed E-state index contributed by atoms with van der Waals surface area (Å²) in [6.45, 7) is 3.67. The van der Waals surface area contributed by atoms with Gasteiger partial charge in [-0.1, -0.05) is 13.3 Å². The fraction of sp³-hybridized carbons (Fsp3) is 0.900. The number of likely N-dealkylation sites (tertiary alicyclic amines) is 1. The standard InChI is InChI=1S/C10H21N3O2/c1-8(10(15)12-11)6-13-5-3-2-4-9(13)7-14/h8-9,14H,2-7,11H2,1H3,(H,12,15). The Kier molecular flexibility index (Phi) is 5.01. The van der Waals surface area contributed by atoms with Crippen molar-refractivity contribution in [3.63, 3.8) is 0 Å². The van der Waals surface area contributed by atoms with Crippen molar-refractivity contribution in [3.05, 3.63) is 0 Å². The van der Waals surface area contributed by atoms with E-state index in [-0.39, 0.29) is 24.5 Å². The van der Waals surface area contributed by atoms with E-state index in [1.54, 1.807) is 0 Å². The van der Waals surface area contributed by atoms with Crippen LogP contribution >= 0.6 is 0 Å². The summed E-state index contributed by atoms with van der Waals surface area (Å²) in [5.41, 5.74) is 2.16. The molecule has 1 saturated heterocycles. The van der Waals surface area contributed by atoms with Gasteiger partial charge < -0.3 is 5.11 Å². The lowest BCUT2D eigenvalue weighted by Gasteiger charge is -2.35. The number of hydrogen-bond acceptors (Lipinski definition) is 4. The van der Waals surface area contributed by atoms with E-state index in [2.05, 4.69) is 10.3 Å². The van der Waals surface area contributed by atoms with Gasteiger partial charge in [-0.15, -0.1) is 0 Å². The zero-order valence-corrected chi connectivity index (χ0v) is 9.28. The van der Waals surface area contributed by atoms with Gasteiger partial charge >= 0.3 is 0 Å². The molecule has 0 radical (unpaired) electrons. The zero-order chi connectivity index (χ0) is 11.3. The third-order valence-corrected chi connectivity index (χ3v) is 3.06. The van der Waals surface area contributed by atoms with Gasteiger partial charge in [0.1, 0.15) is 0 Å². The number of carbonyl (C=O) groups excluding carboxylic acids is 1. The first-order valence-corrected chi connectivity index (χ1v) is 5.54. The average molecular weight is 215 g/mol. The van der Waals surface area contributed by atoms with Crippen LogP contribution in [0.3, 0.4) is 0 Å². The third-order valence-electron chi connectivity index (χ3n) is 3.06. The highest BCUT2D eigenvalue weighted by molar-refractivity contribution is 5.77. The van der Waals surface area contributed by atoms with Gasteiger partial charge in [0, 0.05) is 18.5 Å². The van der Waals surface area contributed by atoms with Crippen LogP contribution in [0.4, 0.5) is 0 Å². The predicted molar refractivity (Wildman–Crippen MR) is 57.8 cm³/mol. The molecule has 88 valence electrons. The minimum atomic E-state index is -0.141. The van der Waals surface area contributed by atoms with Gasteiger partial charge in [0.15, 0.2) is 0 Å². The van der Waals surface area contributed by atoms with Gasteiger partial charge in [-0.3, -0.25) is 15.1 Å². The van der Waals surface area contributed by atoms with Crippen LogP contribution in [-0.2, 0) is 4.79 Å². The Balaban J connectivity index is 2.43. The number of nitrogens with zero attached hydrogens (tertiary/aromatic N) is 1. The summed E-state index contributed by atoms with van der Waals surface area (Å²) in [5.74, 6) is 4.81.